The van der Waals surface area contributed by atoms with Crippen LogP contribution in [0.5, 0.6) is 0 Å². The molecule has 39 heavy (non-hydrogen) atoms. The van der Waals surface area contributed by atoms with E-state index in [1.807, 2.05) is 20.8 Å². The first-order chi connectivity index (χ1) is 18.3. The highest BCUT2D eigenvalue weighted by atomic mass is 35.5. The number of hydrogen-bond acceptors (Lipinski definition) is 4. The summed E-state index contributed by atoms with van der Waals surface area (Å²) in [5.41, 5.74) is 0.295. The van der Waals surface area contributed by atoms with Crippen molar-refractivity contribution in [2.75, 3.05) is 10.6 Å². The average Bonchev–Trinajstić information content (AvgIpc) is 2.87. The summed E-state index contributed by atoms with van der Waals surface area (Å²) < 4.78 is 39.4. The number of nitrogens with zero attached hydrogens (tertiary/aromatic N) is 1. The van der Waals surface area contributed by atoms with Gasteiger partial charge in [0, 0.05) is 40.3 Å². The number of alkyl halides is 3. The molecular weight excluding hydrogens is 529 g/mol. The molecule has 0 saturated heterocycles. The van der Waals surface area contributed by atoms with Crippen molar-refractivity contribution in [3.05, 3.63) is 94.6 Å². The van der Waals surface area contributed by atoms with E-state index in [9.17, 15) is 22.8 Å². The van der Waals surface area contributed by atoms with Crippen molar-refractivity contribution in [2.45, 2.75) is 33.5 Å². The van der Waals surface area contributed by atoms with E-state index < -0.39 is 23.1 Å². The van der Waals surface area contributed by atoms with E-state index in [2.05, 4.69) is 20.9 Å². The van der Waals surface area contributed by atoms with Crippen molar-refractivity contribution in [3.63, 3.8) is 0 Å². The third-order valence-corrected chi connectivity index (χ3v) is 6.25. The summed E-state index contributed by atoms with van der Waals surface area (Å²) in [6, 6.07) is 16.6. The zero-order valence-corrected chi connectivity index (χ0v) is 22.2. The molecule has 0 fully saturated rings. The number of carbonyl (C=O) groups is 2. The van der Waals surface area contributed by atoms with Gasteiger partial charge in [-0.3, -0.25) is 9.59 Å². The fraction of sp³-hybridized carbons (Fsp3) is 0.207. The molecule has 1 aromatic heterocycles. The molecule has 0 aliphatic heterocycles. The van der Waals surface area contributed by atoms with Crippen molar-refractivity contribution < 1.29 is 22.8 Å². The first kappa shape index (κ1) is 27.9. The molecule has 2 amide bonds. The lowest BCUT2D eigenvalue weighted by Crippen LogP contribution is -2.34. The normalized spacial score (nSPS) is 11.8. The molecule has 1 heterocycles. The monoisotopic (exact) mass is 554 g/mol. The number of fused-ring (bicyclic) bond motifs is 1. The van der Waals surface area contributed by atoms with Crippen molar-refractivity contribution >= 4 is 51.4 Å². The molecule has 6 nitrogen and oxygen atoms in total. The van der Waals surface area contributed by atoms with E-state index in [1.165, 1.54) is 18.3 Å². The average molecular weight is 555 g/mol. The van der Waals surface area contributed by atoms with Gasteiger partial charge < -0.3 is 16.0 Å². The summed E-state index contributed by atoms with van der Waals surface area (Å²) in [6.07, 6.45) is -2.97. The molecule has 0 atom stereocenters. The largest absolute Gasteiger partial charge is 0.416 e. The van der Waals surface area contributed by atoms with E-state index in [1.54, 1.807) is 42.5 Å². The minimum Gasteiger partial charge on any atom is -0.352 e. The van der Waals surface area contributed by atoms with E-state index >= 15 is 0 Å². The van der Waals surface area contributed by atoms with Crippen LogP contribution in [0.15, 0.2) is 72.9 Å². The Morgan fingerprint density at radius 2 is 1.67 bits per heavy atom. The second kappa shape index (κ2) is 10.9. The third-order valence-electron chi connectivity index (χ3n) is 5.92. The topological polar surface area (TPSA) is 83.1 Å². The van der Waals surface area contributed by atoms with E-state index in [-0.39, 0.29) is 28.7 Å². The maximum atomic E-state index is 13.2. The summed E-state index contributed by atoms with van der Waals surface area (Å²) in [6.45, 7) is 5.66. The predicted molar refractivity (Wildman–Crippen MR) is 147 cm³/mol. The maximum absolute atomic E-state index is 13.2. The van der Waals surface area contributed by atoms with Gasteiger partial charge in [-0.25, -0.2) is 4.98 Å². The molecule has 0 radical (unpaired) electrons. The molecule has 4 aromatic rings. The van der Waals surface area contributed by atoms with E-state index in [0.29, 0.717) is 27.8 Å². The second-order valence-corrected chi connectivity index (χ2v) is 10.4. The summed E-state index contributed by atoms with van der Waals surface area (Å²) >= 11 is 6.32. The number of rotatable bonds is 6. The van der Waals surface area contributed by atoms with Crippen LogP contribution in [0.1, 0.15) is 42.3 Å². The van der Waals surface area contributed by atoms with Gasteiger partial charge in [0.2, 0.25) is 5.91 Å². The molecule has 202 valence electrons. The summed E-state index contributed by atoms with van der Waals surface area (Å²) in [5, 5.41) is 10.1. The molecule has 0 saturated carbocycles. The molecule has 0 aliphatic carbocycles. The zero-order valence-electron chi connectivity index (χ0n) is 21.4. The number of hydrogen-bond donors (Lipinski definition) is 3. The van der Waals surface area contributed by atoms with Crippen LogP contribution in [0, 0.1) is 5.41 Å². The van der Waals surface area contributed by atoms with Crippen molar-refractivity contribution in [1.29, 1.82) is 0 Å². The molecule has 10 heteroatoms. The van der Waals surface area contributed by atoms with Crippen LogP contribution in [0.25, 0.3) is 10.8 Å². The molecule has 3 N–H and O–H groups in total. The number of carbonyl (C=O) groups excluding carboxylic acids is 2. The molecule has 0 spiro atoms. The SMILES string of the molecule is CC(C)(C)C(=O)NCc1ccc(Cl)c(C(=O)Nc2cccc3c(Nc4cccc(C(F)(F)F)c4)nccc23)c1. The van der Waals surface area contributed by atoms with E-state index in [4.69, 9.17) is 11.6 Å². The number of amides is 2. The third kappa shape index (κ3) is 6.67. The Morgan fingerprint density at radius 3 is 2.38 bits per heavy atom. The van der Waals surface area contributed by atoms with Gasteiger partial charge in [0.15, 0.2) is 0 Å². The Hall–Kier alpha value is -4.11. The Balaban J connectivity index is 1.58. The van der Waals surface area contributed by atoms with Crippen LogP contribution in [-0.2, 0) is 17.5 Å². The van der Waals surface area contributed by atoms with Gasteiger partial charge in [-0.2, -0.15) is 13.2 Å². The Kier molecular flexibility index (Phi) is 7.83. The fourth-order valence-corrected chi connectivity index (χ4v) is 4.02. The van der Waals surface area contributed by atoms with Crippen LogP contribution in [-0.4, -0.2) is 16.8 Å². The molecular formula is C29H26ClF3N4O2. The first-order valence-electron chi connectivity index (χ1n) is 12.0. The smallest absolute Gasteiger partial charge is 0.352 e. The Labute approximate surface area is 228 Å². The van der Waals surface area contributed by atoms with Crippen LogP contribution >= 0.6 is 11.6 Å². The second-order valence-electron chi connectivity index (χ2n) is 9.96. The van der Waals surface area contributed by atoms with Crippen molar-refractivity contribution in [1.82, 2.24) is 10.3 Å². The van der Waals surface area contributed by atoms with Crippen LogP contribution in [0.4, 0.5) is 30.4 Å². The highest BCUT2D eigenvalue weighted by Gasteiger charge is 2.30. The standard InChI is InChI=1S/C29H26ClF3N4O2/c1-28(2,3)27(39)35-16-17-10-11-23(30)22(14-17)26(38)37-24-9-5-8-21-20(24)12-13-34-25(21)36-19-7-4-6-18(15-19)29(31,32)33/h4-15H,16H2,1-3H3,(H,34,36)(H,35,39)(H,37,38). The maximum Gasteiger partial charge on any atom is 0.416 e. The number of benzene rings is 3. The summed E-state index contributed by atoms with van der Waals surface area (Å²) in [4.78, 5) is 29.7. The fourth-order valence-electron chi connectivity index (χ4n) is 3.82. The molecule has 0 aliphatic rings. The van der Waals surface area contributed by atoms with Gasteiger partial charge in [0.1, 0.15) is 5.82 Å². The minimum atomic E-state index is -4.47. The number of aromatic nitrogens is 1. The first-order valence-corrected chi connectivity index (χ1v) is 12.4. The van der Waals surface area contributed by atoms with Gasteiger partial charge >= 0.3 is 6.18 Å². The Morgan fingerprint density at radius 1 is 0.923 bits per heavy atom. The molecule has 0 unspecified atom stereocenters. The van der Waals surface area contributed by atoms with Crippen LogP contribution < -0.4 is 16.0 Å². The minimum absolute atomic E-state index is 0.123. The number of nitrogens with one attached hydrogen (secondary N) is 3. The van der Waals surface area contributed by atoms with Gasteiger partial charge in [0.25, 0.3) is 5.91 Å². The van der Waals surface area contributed by atoms with Crippen molar-refractivity contribution in [2.24, 2.45) is 5.41 Å². The highest BCUT2D eigenvalue weighted by molar-refractivity contribution is 6.34. The summed E-state index contributed by atoms with van der Waals surface area (Å²) in [5.74, 6) is -0.249. The van der Waals surface area contributed by atoms with Crippen LogP contribution in [0.3, 0.4) is 0 Å². The lowest BCUT2D eigenvalue weighted by atomic mass is 9.95. The van der Waals surface area contributed by atoms with Gasteiger partial charge in [-0.05, 0) is 48.0 Å². The molecule has 4 rings (SSSR count). The quantitative estimate of drug-likeness (QED) is 0.229. The number of pyridine rings is 1. The lowest BCUT2D eigenvalue weighted by molar-refractivity contribution is -0.137. The van der Waals surface area contributed by atoms with Crippen molar-refractivity contribution in [3.8, 4) is 0 Å². The number of anilines is 3. The number of halogens is 4. The van der Waals surface area contributed by atoms with Gasteiger partial charge in [-0.1, -0.05) is 56.6 Å². The van der Waals surface area contributed by atoms with Crippen LogP contribution in [0.2, 0.25) is 5.02 Å². The van der Waals surface area contributed by atoms with Gasteiger partial charge in [-0.15, -0.1) is 0 Å². The lowest BCUT2D eigenvalue weighted by Gasteiger charge is -2.18. The highest BCUT2D eigenvalue weighted by Crippen LogP contribution is 2.33. The zero-order chi connectivity index (χ0) is 28.4. The molecule has 3 aromatic carbocycles. The predicted octanol–water partition coefficient (Wildman–Crippen LogP) is 7.57. The van der Waals surface area contributed by atoms with Gasteiger partial charge in [0.05, 0.1) is 16.1 Å². The van der Waals surface area contributed by atoms with E-state index in [0.717, 1.165) is 12.1 Å². The summed E-state index contributed by atoms with van der Waals surface area (Å²) in [7, 11) is 0. The Bertz CT molecular complexity index is 1550. The molecule has 0 bridgehead atoms.